The van der Waals surface area contributed by atoms with Gasteiger partial charge in [0.1, 0.15) is 5.69 Å². The highest BCUT2D eigenvalue weighted by atomic mass is 35.5. The zero-order valence-corrected chi connectivity index (χ0v) is 13.7. The molecule has 0 bridgehead atoms. The summed E-state index contributed by atoms with van der Waals surface area (Å²) in [6.07, 6.45) is 1.58. The first kappa shape index (κ1) is 16.2. The molecule has 6 heteroatoms. The number of hydrogen-bond acceptors (Lipinski definition) is 4. The average Bonchev–Trinajstić information content (AvgIpc) is 2.53. The topological polar surface area (TPSA) is 58.1 Å². The minimum Gasteiger partial charge on any atom is -0.338 e. The van der Waals surface area contributed by atoms with E-state index in [9.17, 15) is 4.79 Å². The summed E-state index contributed by atoms with van der Waals surface area (Å²) in [5.41, 5.74) is 2.11. The molecule has 1 heterocycles. The van der Waals surface area contributed by atoms with E-state index in [2.05, 4.69) is 15.3 Å². The summed E-state index contributed by atoms with van der Waals surface area (Å²) in [6, 6.07) is 7.19. The van der Waals surface area contributed by atoms with Crippen LogP contribution in [-0.2, 0) is 0 Å². The van der Waals surface area contributed by atoms with Crippen molar-refractivity contribution in [1.29, 1.82) is 0 Å². The second kappa shape index (κ2) is 7.22. The molecular weight excluding hydrogens is 300 g/mol. The van der Waals surface area contributed by atoms with Gasteiger partial charge in [-0.2, -0.15) is 0 Å². The number of anilines is 2. The SMILES string of the molecule is CCN(CC)C(=O)c1ccnc(Nc2cccc(Cl)c2C)n1. The molecule has 0 atom stereocenters. The van der Waals surface area contributed by atoms with E-state index < -0.39 is 0 Å². The van der Waals surface area contributed by atoms with Crippen molar-refractivity contribution in [2.24, 2.45) is 0 Å². The van der Waals surface area contributed by atoms with E-state index in [0.29, 0.717) is 29.8 Å². The predicted octanol–water partition coefficient (Wildman–Crippen LogP) is 3.66. The first-order valence-corrected chi connectivity index (χ1v) is 7.59. The fourth-order valence-corrected chi connectivity index (χ4v) is 2.25. The van der Waals surface area contributed by atoms with Crippen LogP contribution >= 0.6 is 11.6 Å². The van der Waals surface area contributed by atoms with Gasteiger partial charge in [0, 0.05) is 30.0 Å². The highest BCUT2D eigenvalue weighted by molar-refractivity contribution is 6.31. The number of amides is 1. The lowest BCUT2D eigenvalue weighted by molar-refractivity contribution is 0.0767. The molecule has 116 valence electrons. The van der Waals surface area contributed by atoms with E-state index >= 15 is 0 Å². The van der Waals surface area contributed by atoms with Crippen LogP contribution in [0.1, 0.15) is 29.9 Å². The molecule has 1 aromatic carbocycles. The Balaban J connectivity index is 2.25. The van der Waals surface area contributed by atoms with E-state index in [4.69, 9.17) is 11.6 Å². The monoisotopic (exact) mass is 318 g/mol. The molecule has 0 saturated carbocycles. The highest BCUT2D eigenvalue weighted by Crippen LogP contribution is 2.24. The van der Waals surface area contributed by atoms with Gasteiger partial charge in [-0.25, -0.2) is 9.97 Å². The number of hydrogen-bond donors (Lipinski definition) is 1. The van der Waals surface area contributed by atoms with E-state index in [-0.39, 0.29) is 5.91 Å². The Labute approximate surface area is 135 Å². The zero-order chi connectivity index (χ0) is 16.1. The summed E-state index contributed by atoms with van der Waals surface area (Å²) in [5.74, 6) is 0.279. The Bertz CT molecular complexity index is 671. The standard InChI is InChI=1S/C16H19ClN4O/c1-4-21(5-2)15(22)14-9-10-18-16(20-14)19-13-8-6-7-12(17)11(13)3/h6-10H,4-5H2,1-3H3,(H,18,19,20). The van der Waals surface area contributed by atoms with Crippen molar-refractivity contribution in [2.75, 3.05) is 18.4 Å². The third kappa shape index (κ3) is 3.54. The highest BCUT2D eigenvalue weighted by Gasteiger charge is 2.15. The van der Waals surface area contributed by atoms with Crippen molar-refractivity contribution in [2.45, 2.75) is 20.8 Å². The second-order valence-electron chi connectivity index (χ2n) is 4.78. The van der Waals surface area contributed by atoms with Crippen LogP contribution in [0.5, 0.6) is 0 Å². The Hall–Kier alpha value is -2.14. The second-order valence-corrected chi connectivity index (χ2v) is 5.19. The normalized spacial score (nSPS) is 10.4. The molecule has 5 nitrogen and oxygen atoms in total. The van der Waals surface area contributed by atoms with Gasteiger partial charge in [0.05, 0.1) is 0 Å². The van der Waals surface area contributed by atoms with Gasteiger partial charge in [0.2, 0.25) is 5.95 Å². The molecule has 0 fully saturated rings. The molecular formula is C16H19ClN4O. The fourth-order valence-electron chi connectivity index (χ4n) is 2.07. The van der Waals surface area contributed by atoms with Gasteiger partial charge < -0.3 is 10.2 Å². The maximum atomic E-state index is 12.3. The summed E-state index contributed by atoms with van der Waals surface area (Å²) < 4.78 is 0. The predicted molar refractivity (Wildman–Crippen MR) is 88.8 cm³/mol. The van der Waals surface area contributed by atoms with Gasteiger partial charge in [0.25, 0.3) is 5.91 Å². The number of carbonyl (C=O) groups is 1. The number of rotatable bonds is 5. The number of nitrogens with one attached hydrogen (secondary N) is 1. The molecule has 0 spiro atoms. The summed E-state index contributed by atoms with van der Waals surface area (Å²) in [6.45, 7) is 7.09. The average molecular weight is 319 g/mol. The largest absolute Gasteiger partial charge is 0.338 e. The molecule has 1 aromatic heterocycles. The van der Waals surface area contributed by atoms with Crippen LogP contribution in [0.3, 0.4) is 0 Å². The molecule has 0 unspecified atom stereocenters. The first-order chi connectivity index (χ1) is 10.6. The molecule has 2 aromatic rings. The van der Waals surface area contributed by atoms with Gasteiger partial charge in [-0.3, -0.25) is 4.79 Å². The van der Waals surface area contributed by atoms with E-state index in [1.54, 1.807) is 17.2 Å². The fraction of sp³-hybridized carbons (Fsp3) is 0.312. The van der Waals surface area contributed by atoms with Gasteiger partial charge >= 0.3 is 0 Å². The number of aromatic nitrogens is 2. The summed E-state index contributed by atoms with van der Waals surface area (Å²) in [5, 5.41) is 3.77. The molecule has 0 saturated heterocycles. The lowest BCUT2D eigenvalue weighted by Crippen LogP contribution is -2.31. The van der Waals surface area contributed by atoms with Crippen molar-refractivity contribution in [1.82, 2.24) is 14.9 Å². The molecule has 22 heavy (non-hydrogen) atoms. The maximum Gasteiger partial charge on any atom is 0.272 e. The van der Waals surface area contributed by atoms with E-state index in [1.807, 2.05) is 39.0 Å². The van der Waals surface area contributed by atoms with Crippen molar-refractivity contribution in [3.05, 3.63) is 46.7 Å². The van der Waals surface area contributed by atoms with E-state index in [1.165, 1.54) is 0 Å². The third-order valence-corrected chi connectivity index (χ3v) is 3.85. The molecule has 0 aliphatic heterocycles. The van der Waals surface area contributed by atoms with Crippen molar-refractivity contribution >= 4 is 29.1 Å². The Kier molecular flexibility index (Phi) is 5.33. The molecule has 0 aliphatic carbocycles. The lowest BCUT2D eigenvalue weighted by Gasteiger charge is -2.18. The minimum atomic E-state index is -0.0988. The number of nitrogens with zero attached hydrogens (tertiary/aromatic N) is 3. The summed E-state index contributed by atoms with van der Waals surface area (Å²) in [7, 11) is 0. The number of carbonyl (C=O) groups excluding carboxylic acids is 1. The lowest BCUT2D eigenvalue weighted by atomic mass is 10.2. The minimum absolute atomic E-state index is 0.0988. The number of halogens is 1. The summed E-state index contributed by atoms with van der Waals surface area (Å²) in [4.78, 5) is 22.5. The smallest absolute Gasteiger partial charge is 0.272 e. The number of benzene rings is 1. The van der Waals surface area contributed by atoms with Crippen LogP contribution in [0.2, 0.25) is 5.02 Å². The van der Waals surface area contributed by atoms with Crippen LogP contribution in [0.4, 0.5) is 11.6 Å². The van der Waals surface area contributed by atoms with Crippen LogP contribution in [0.15, 0.2) is 30.5 Å². The van der Waals surface area contributed by atoms with Gasteiger partial charge in [0.15, 0.2) is 0 Å². The third-order valence-electron chi connectivity index (χ3n) is 3.44. The quantitative estimate of drug-likeness (QED) is 0.914. The summed E-state index contributed by atoms with van der Waals surface area (Å²) >= 11 is 6.10. The molecule has 0 aliphatic rings. The van der Waals surface area contributed by atoms with Gasteiger partial charge in [-0.05, 0) is 44.5 Å². The van der Waals surface area contributed by atoms with Crippen LogP contribution < -0.4 is 5.32 Å². The maximum absolute atomic E-state index is 12.3. The Morgan fingerprint density at radius 2 is 2.00 bits per heavy atom. The van der Waals surface area contributed by atoms with Crippen molar-refractivity contribution in [3.8, 4) is 0 Å². The van der Waals surface area contributed by atoms with Crippen LogP contribution in [-0.4, -0.2) is 33.9 Å². The first-order valence-electron chi connectivity index (χ1n) is 7.21. The van der Waals surface area contributed by atoms with Crippen molar-refractivity contribution < 1.29 is 4.79 Å². The zero-order valence-electron chi connectivity index (χ0n) is 12.9. The molecule has 1 N–H and O–H groups in total. The molecule has 0 radical (unpaired) electrons. The van der Waals surface area contributed by atoms with Crippen molar-refractivity contribution in [3.63, 3.8) is 0 Å². The molecule has 1 amide bonds. The van der Waals surface area contributed by atoms with Crippen LogP contribution in [0, 0.1) is 6.92 Å². The van der Waals surface area contributed by atoms with Gasteiger partial charge in [-0.1, -0.05) is 17.7 Å². The Morgan fingerprint density at radius 1 is 1.27 bits per heavy atom. The van der Waals surface area contributed by atoms with Gasteiger partial charge in [-0.15, -0.1) is 0 Å². The Morgan fingerprint density at radius 3 is 2.68 bits per heavy atom. The van der Waals surface area contributed by atoms with E-state index in [0.717, 1.165) is 11.3 Å². The van der Waals surface area contributed by atoms with Crippen LogP contribution in [0.25, 0.3) is 0 Å². The molecule has 2 rings (SSSR count).